The molecule has 0 radical (unpaired) electrons. The molecule has 106 valence electrons. The highest BCUT2D eigenvalue weighted by molar-refractivity contribution is 4.89. The molecule has 2 rings (SSSR count). The summed E-state index contributed by atoms with van der Waals surface area (Å²) in [4.78, 5) is 2.79. The van der Waals surface area contributed by atoms with Crippen molar-refractivity contribution in [3.05, 3.63) is 0 Å². The zero-order chi connectivity index (χ0) is 13.0. The molecule has 2 aliphatic rings. The van der Waals surface area contributed by atoms with E-state index in [2.05, 4.69) is 31.0 Å². The van der Waals surface area contributed by atoms with Gasteiger partial charge in [0.15, 0.2) is 0 Å². The van der Waals surface area contributed by atoms with E-state index in [1.165, 1.54) is 51.6 Å². The van der Waals surface area contributed by atoms with Crippen LogP contribution in [0.5, 0.6) is 0 Å². The molecule has 0 aromatic carbocycles. The fourth-order valence-corrected chi connectivity index (χ4v) is 3.85. The highest BCUT2D eigenvalue weighted by Gasteiger charge is 2.33. The molecule has 1 aliphatic carbocycles. The Kier molecular flexibility index (Phi) is 5.50. The molecule has 0 amide bonds. The molecule has 1 heterocycles. The maximum atomic E-state index is 3.69. The third-order valence-electron chi connectivity index (χ3n) is 5.16. The van der Waals surface area contributed by atoms with Gasteiger partial charge in [0.25, 0.3) is 0 Å². The third kappa shape index (κ3) is 3.48. The maximum Gasteiger partial charge on any atom is 0.0198 e. The lowest BCUT2D eigenvalue weighted by molar-refractivity contribution is 0.0497. The van der Waals surface area contributed by atoms with Crippen molar-refractivity contribution in [2.24, 2.45) is 11.8 Å². The number of piperidine rings is 1. The van der Waals surface area contributed by atoms with Crippen LogP contribution in [0.25, 0.3) is 0 Å². The summed E-state index contributed by atoms with van der Waals surface area (Å²) in [6.45, 7) is 10.8. The fourth-order valence-electron chi connectivity index (χ4n) is 3.85. The smallest absolute Gasteiger partial charge is 0.0198 e. The number of nitrogens with one attached hydrogen (secondary N) is 1. The molecular formula is C16H32N2. The largest absolute Gasteiger partial charge is 0.313 e. The number of hydrogen-bond acceptors (Lipinski definition) is 2. The Balaban J connectivity index is 1.90. The van der Waals surface area contributed by atoms with Crippen molar-refractivity contribution >= 4 is 0 Å². The van der Waals surface area contributed by atoms with Crippen molar-refractivity contribution < 1.29 is 0 Å². The van der Waals surface area contributed by atoms with Crippen LogP contribution < -0.4 is 5.32 Å². The van der Waals surface area contributed by atoms with Crippen LogP contribution in [0.15, 0.2) is 0 Å². The highest BCUT2D eigenvalue weighted by Crippen LogP contribution is 2.34. The van der Waals surface area contributed by atoms with Crippen LogP contribution in [0.4, 0.5) is 0 Å². The Bertz CT molecular complexity index is 223. The van der Waals surface area contributed by atoms with Crippen molar-refractivity contribution in [3.8, 4) is 0 Å². The summed E-state index contributed by atoms with van der Waals surface area (Å²) in [5, 5.41) is 3.69. The molecule has 18 heavy (non-hydrogen) atoms. The lowest BCUT2D eigenvalue weighted by Gasteiger charge is -2.45. The Morgan fingerprint density at radius 3 is 2.56 bits per heavy atom. The summed E-state index contributed by atoms with van der Waals surface area (Å²) in [5.41, 5.74) is 0. The van der Waals surface area contributed by atoms with Gasteiger partial charge < -0.3 is 5.32 Å². The van der Waals surface area contributed by atoms with Gasteiger partial charge in [-0.2, -0.15) is 0 Å². The second kappa shape index (κ2) is 6.91. The Morgan fingerprint density at radius 1 is 1.22 bits per heavy atom. The molecule has 0 spiro atoms. The van der Waals surface area contributed by atoms with E-state index in [0.717, 1.165) is 30.5 Å². The molecule has 2 nitrogen and oxygen atoms in total. The fraction of sp³-hybridized carbons (Fsp3) is 1.00. The van der Waals surface area contributed by atoms with Crippen LogP contribution in [-0.4, -0.2) is 36.6 Å². The van der Waals surface area contributed by atoms with Crippen LogP contribution in [0.2, 0.25) is 0 Å². The van der Waals surface area contributed by atoms with E-state index in [1.807, 2.05) is 0 Å². The van der Waals surface area contributed by atoms with Crippen molar-refractivity contribution in [1.29, 1.82) is 0 Å². The molecule has 3 unspecified atom stereocenters. The van der Waals surface area contributed by atoms with Gasteiger partial charge in [0.2, 0.25) is 0 Å². The monoisotopic (exact) mass is 252 g/mol. The summed E-state index contributed by atoms with van der Waals surface area (Å²) in [7, 11) is 0. The lowest BCUT2D eigenvalue weighted by atomic mass is 9.78. The van der Waals surface area contributed by atoms with Gasteiger partial charge in [-0.15, -0.1) is 0 Å². The molecule has 1 saturated heterocycles. The van der Waals surface area contributed by atoms with Gasteiger partial charge in [-0.05, 0) is 51.0 Å². The van der Waals surface area contributed by atoms with Gasteiger partial charge in [-0.25, -0.2) is 0 Å². The van der Waals surface area contributed by atoms with E-state index in [1.54, 1.807) is 0 Å². The topological polar surface area (TPSA) is 15.3 Å². The summed E-state index contributed by atoms with van der Waals surface area (Å²) >= 11 is 0. The van der Waals surface area contributed by atoms with Crippen LogP contribution in [-0.2, 0) is 0 Å². The van der Waals surface area contributed by atoms with E-state index in [9.17, 15) is 0 Å². The van der Waals surface area contributed by atoms with Gasteiger partial charge in [-0.3, -0.25) is 4.90 Å². The molecule has 0 aromatic heterocycles. The Labute approximate surface area is 114 Å². The molecule has 1 saturated carbocycles. The first-order chi connectivity index (χ1) is 8.74. The predicted molar refractivity (Wildman–Crippen MR) is 78.9 cm³/mol. The van der Waals surface area contributed by atoms with E-state index < -0.39 is 0 Å². The highest BCUT2D eigenvalue weighted by atomic mass is 15.2. The van der Waals surface area contributed by atoms with Gasteiger partial charge in [0, 0.05) is 25.2 Å². The quantitative estimate of drug-likeness (QED) is 0.780. The van der Waals surface area contributed by atoms with Crippen molar-refractivity contribution in [2.75, 3.05) is 19.6 Å². The van der Waals surface area contributed by atoms with Gasteiger partial charge >= 0.3 is 0 Å². The first-order valence-electron chi connectivity index (χ1n) is 8.22. The molecule has 1 N–H and O–H groups in total. The minimum atomic E-state index is 0.739. The van der Waals surface area contributed by atoms with Crippen molar-refractivity contribution in [3.63, 3.8) is 0 Å². The maximum absolute atomic E-state index is 3.69. The van der Waals surface area contributed by atoms with Crippen LogP contribution in [0.3, 0.4) is 0 Å². The Hall–Kier alpha value is -0.0800. The number of hydrogen-bond donors (Lipinski definition) is 1. The number of rotatable bonds is 6. The van der Waals surface area contributed by atoms with Crippen molar-refractivity contribution in [1.82, 2.24) is 10.2 Å². The molecule has 0 aromatic rings. The van der Waals surface area contributed by atoms with E-state index in [4.69, 9.17) is 0 Å². The molecular weight excluding hydrogens is 220 g/mol. The number of likely N-dealkylation sites (N-methyl/N-ethyl adjacent to an activating group) is 1. The minimum Gasteiger partial charge on any atom is -0.313 e. The molecule has 0 bridgehead atoms. The number of nitrogens with zero attached hydrogens (tertiary/aromatic N) is 1. The second-order valence-corrected chi connectivity index (χ2v) is 6.53. The SMILES string of the molecule is CCCC1CC(NCC)CN(C(C)C2CCC2)C1. The van der Waals surface area contributed by atoms with Crippen molar-refractivity contribution in [2.45, 2.75) is 71.4 Å². The minimum absolute atomic E-state index is 0.739. The summed E-state index contributed by atoms with van der Waals surface area (Å²) < 4.78 is 0. The van der Waals surface area contributed by atoms with Crippen LogP contribution in [0, 0.1) is 11.8 Å². The molecule has 1 aliphatic heterocycles. The molecule has 3 atom stereocenters. The van der Waals surface area contributed by atoms with Gasteiger partial charge in [0.05, 0.1) is 0 Å². The zero-order valence-corrected chi connectivity index (χ0v) is 12.6. The first kappa shape index (κ1) is 14.3. The third-order valence-corrected chi connectivity index (χ3v) is 5.16. The van der Waals surface area contributed by atoms with E-state index in [0.29, 0.717) is 0 Å². The predicted octanol–water partition coefficient (Wildman–Crippen LogP) is 3.28. The second-order valence-electron chi connectivity index (χ2n) is 6.53. The van der Waals surface area contributed by atoms with Gasteiger partial charge in [-0.1, -0.05) is 26.7 Å². The molecule has 2 heteroatoms. The first-order valence-corrected chi connectivity index (χ1v) is 8.22. The lowest BCUT2D eigenvalue weighted by Crippen LogP contribution is -2.54. The average molecular weight is 252 g/mol. The van der Waals surface area contributed by atoms with E-state index in [-0.39, 0.29) is 0 Å². The summed E-state index contributed by atoms with van der Waals surface area (Å²) in [6, 6.07) is 1.56. The zero-order valence-electron chi connectivity index (χ0n) is 12.6. The van der Waals surface area contributed by atoms with Crippen LogP contribution >= 0.6 is 0 Å². The van der Waals surface area contributed by atoms with Gasteiger partial charge in [0.1, 0.15) is 0 Å². The van der Waals surface area contributed by atoms with E-state index >= 15 is 0 Å². The normalized spacial score (nSPS) is 32.2. The Morgan fingerprint density at radius 2 is 2.00 bits per heavy atom. The average Bonchev–Trinajstić information content (AvgIpc) is 2.27. The summed E-state index contributed by atoms with van der Waals surface area (Å²) in [6.07, 6.45) is 8.57. The van der Waals surface area contributed by atoms with Crippen LogP contribution in [0.1, 0.15) is 59.3 Å². The summed E-state index contributed by atoms with van der Waals surface area (Å²) in [5.74, 6) is 1.92. The number of likely N-dealkylation sites (tertiary alicyclic amines) is 1. The standard InChI is InChI=1S/C16H32N2/c1-4-7-14-10-16(17-5-2)12-18(11-14)13(3)15-8-6-9-15/h13-17H,4-12H2,1-3H3. The molecule has 2 fully saturated rings.